The van der Waals surface area contributed by atoms with Gasteiger partial charge in [0.15, 0.2) is 0 Å². The largest absolute Gasteiger partial charge is 0.264 e. The van der Waals surface area contributed by atoms with Crippen LogP contribution >= 0.6 is 0 Å². The zero-order valence-electron chi connectivity index (χ0n) is 7.80. The van der Waals surface area contributed by atoms with Crippen LogP contribution in [0.4, 0.5) is 0 Å². The molecule has 0 aromatic carbocycles. The Balaban J connectivity index is 3.56. The molecule has 0 amide bonds. The van der Waals surface area contributed by atoms with Crippen LogP contribution in [0.1, 0.15) is 33.1 Å². The van der Waals surface area contributed by atoms with E-state index in [1.807, 2.05) is 0 Å². The lowest BCUT2D eigenvalue weighted by molar-refractivity contribution is -0.524. The fraction of sp³-hybridized carbons (Fsp3) is 1.00. The summed E-state index contributed by atoms with van der Waals surface area (Å²) in [4.78, 5) is 19.6. The molecule has 0 radical (unpaired) electrons. The summed E-state index contributed by atoms with van der Waals surface area (Å²) in [6.45, 7) is 3.02. The zero-order valence-corrected chi connectivity index (χ0v) is 7.80. The molecule has 76 valence electrons. The lowest BCUT2D eigenvalue weighted by Gasteiger charge is -2.04. The molecule has 0 N–H and O–H groups in total. The van der Waals surface area contributed by atoms with E-state index in [1.54, 1.807) is 0 Å². The highest BCUT2D eigenvalue weighted by Crippen LogP contribution is 2.07. The molecular formula is C7H14N2O4. The van der Waals surface area contributed by atoms with Crippen LogP contribution in [0.25, 0.3) is 0 Å². The first-order chi connectivity index (χ1) is 5.95. The Hall–Kier alpha value is -1.20. The Labute approximate surface area is 76.2 Å². The number of nitrogens with zero attached hydrogens (tertiary/aromatic N) is 2. The van der Waals surface area contributed by atoms with Crippen molar-refractivity contribution in [2.24, 2.45) is 0 Å². The van der Waals surface area contributed by atoms with Gasteiger partial charge in [-0.2, -0.15) is 0 Å². The van der Waals surface area contributed by atoms with Gasteiger partial charge < -0.3 is 0 Å². The van der Waals surface area contributed by atoms with Gasteiger partial charge >= 0.3 is 0 Å². The molecule has 0 spiro atoms. The average Bonchev–Trinajstić information content (AvgIpc) is 2.03. The lowest BCUT2D eigenvalue weighted by Crippen LogP contribution is -2.18. The Kier molecular flexibility index (Phi) is 4.94. The van der Waals surface area contributed by atoms with Crippen molar-refractivity contribution in [3.05, 3.63) is 20.2 Å². The molecule has 2 atom stereocenters. The maximum atomic E-state index is 10.2. The maximum Gasteiger partial charge on any atom is 0.210 e. The molecule has 0 aliphatic rings. The number of hydrogen-bond donors (Lipinski definition) is 0. The predicted octanol–water partition coefficient (Wildman–Crippen LogP) is 1.49. The molecule has 2 unspecified atom stereocenters. The standard InChI is InChI=1S/C7H14N2O4/c1-6(8(10)11)4-3-5-7(2)9(12)13/h6-7H,3-5H2,1-2H3. The minimum atomic E-state index is -0.598. The van der Waals surface area contributed by atoms with E-state index in [0.717, 1.165) is 0 Å². The van der Waals surface area contributed by atoms with E-state index in [0.29, 0.717) is 19.3 Å². The van der Waals surface area contributed by atoms with Crippen LogP contribution < -0.4 is 0 Å². The molecule has 0 heterocycles. The van der Waals surface area contributed by atoms with Gasteiger partial charge in [-0.3, -0.25) is 20.2 Å². The van der Waals surface area contributed by atoms with E-state index in [-0.39, 0.29) is 9.85 Å². The molecule has 6 heteroatoms. The highest BCUT2D eigenvalue weighted by molar-refractivity contribution is 4.53. The van der Waals surface area contributed by atoms with Crippen molar-refractivity contribution in [1.29, 1.82) is 0 Å². The van der Waals surface area contributed by atoms with E-state index in [2.05, 4.69) is 0 Å². The first-order valence-electron chi connectivity index (χ1n) is 4.22. The van der Waals surface area contributed by atoms with Gasteiger partial charge in [0, 0.05) is 36.5 Å². The summed E-state index contributed by atoms with van der Waals surface area (Å²) in [5.74, 6) is 0. The van der Waals surface area contributed by atoms with Crippen LogP contribution in [0.2, 0.25) is 0 Å². The van der Waals surface area contributed by atoms with E-state index >= 15 is 0 Å². The van der Waals surface area contributed by atoms with Gasteiger partial charge in [0.1, 0.15) is 0 Å². The molecule has 0 saturated carbocycles. The summed E-state index contributed by atoms with van der Waals surface area (Å²) in [6.07, 6.45) is 1.35. The molecule has 6 nitrogen and oxygen atoms in total. The zero-order chi connectivity index (χ0) is 10.4. The van der Waals surface area contributed by atoms with Crippen molar-refractivity contribution in [3.63, 3.8) is 0 Å². The molecule has 0 fully saturated rings. The van der Waals surface area contributed by atoms with Gasteiger partial charge in [-0.05, 0) is 6.42 Å². The van der Waals surface area contributed by atoms with Crippen molar-refractivity contribution in [1.82, 2.24) is 0 Å². The Bertz CT molecular complexity index is 175. The fourth-order valence-electron chi connectivity index (χ4n) is 0.919. The SMILES string of the molecule is CC(CCCC(C)[N+](=O)[O-])[N+](=O)[O-]. The normalized spacial score (nSPS) is 14.9. The summed E-state index contributed by atoms with van der Waals surface area (Å²) < 4.78 is 0. The van der Waals surface area contributed by atoms with Crippen LogP contribution in [0.3, 0.4) is 0 Å². The van der Waals surface area contributed by atoms with Crippen LogP contribution in [0.5, 0.6) is 0 Å². The third-order valence-corrected chi connectivity index (χ3v) is 1.96. The van der Waals surface area contributed by atoms with E-state index < -0.39 is 12.1 Å². The van der Waals surface area contributed by atoms with Gasteiger partial charge in [0.05, 0.1) is 0 Å². The van der Waals surface area contributed by atoms with Crippen molar-refractivity contribution in [2.45, 2.75) is 45.2 Å². The van der Waals surface area contributed by atoms with Gasteiger partial charge in [-0.15, -0.1) is 0 Å². The summed E-state index contributed by atoms with van der Waals surface area (Å²) in [6, 6.07) is -1.20. The van der Waals surface area contributed by atoms with E-state index in [1.165, 1.54) is 13.8 Å². The average molecular weight is 190 g/mol. The summed E-state index contributed by atoms with van der Waals surface area (Å²) in [5, 5.41) is 20.4. The van der Waals surface area contributed by atoms with Crippen LogP contribution in [0, 0.1) is 20.2 Å². The van der Waals surface area contributed by atoms with Crippen molar-refractivity contribution < 1.29 is 9.85 Å². The topological polar surface area (TPSA) is 86.3 Å². The van der Waals surface area contributed by atoms with Crippen LogP contribution in [0.15, 0.2) is 0 Å². The minimum absolute atomic E-state index is 0.364. The molecular weight excluding hydrogens is 176 g/mol. The summed E-state index contributed by atoms with van der Waals surface area (Å²) >= 11 is 0. The van der Waals surface area contributed by atoms with Crippen LogP contribution in [-0.2, 0) is 0 Å². The second kappa shape index (κ2) is 5.45. The summed E-state index contributed by atoms with van der Waals surface area (Å²) in [5.41, 5.74) is 0. The van der Waals surface area contributed by atoms with Crippen molar-refractivity contribution in [2.75, 3.05) is 0 Å². The monoisotopic (exact) mass is 190 g/mol. The Morgan fingerprint density at radius 2 is 1.31 bits per heavy atom. The molecule has 0 aromatic heterocycles. The van der Waals surface area contributed by atoms with Crippen LogP contribution in [-0.4, -0.2) is 21.9 Å². The molecule has 0 aliphatic heterocycles. The second-order valence-electron chi connectivity index (χ2n) is 3.20. The number of nitro groups is 2. The highest BCUT2D eigenvalue weighted by Gasteiger charge is 2.16. The number of hydrogen-bond acceptors (Lipinski definition) is 4. The molecule has 0 rings (SSSR count). The molecule has 0 saturated heterocycles. The highest BCUT2D eigenvalue weighted by atomic mass is 16.6. The van der Waals surface area contributed by atoms with Crippen molar-refractivity contribution >= 4 is 0 Å². The van der Waals surface area contributed by atoms with Gasteiger partial charge in [0.25, 0.3) is 0 Å². The lowest BCUT2D eigenvalue weighted by atomic mass is 10.1. The van der Waals surface area contributed by atoms with E-state index in [4.69, 9.17) is 0 Å². The van der Waals surface area contributed by atoms with E-state index in [9.17, 15) is 20.2 Å². The Morgan fingerprint density at radius 3 is 1.54 bits per heavy atom. The first kappa shape index (κ1) is 11.8. The third-order valence-electron chi connectivity index (χ3n) is 1.96. The molecule has 0 bridgehead atoms. The third kappa shape index (κ3) is 5.10. The smallest absolute Gasteiger partial charge is 0.210 e. The second-order valence-corrected chi connectivity index (χ2v) is 3.20. The van der Waals surface area contributed by atoms with Crippen molar-refractivity contribution in [3.8, 4) is 0 Å². The molecule has 0 aliphatic carbocycles. The molecule has 0 aromatic rings. The minimum Gasteiger partial charge on any atom is -0.264 e. The summed E-state index contributed by atoms with van der Waals surface area (Å²) in [7, 11) is 0. The van der Waals surface area contributed by atoms with Gasteiger partial charge in [-0.1, -0.05) is 0 Å². The number of rotatable bonds is 6. The van der Waals surface area contributed by atoms with Gasteiger partial charge in [0.2, 0.25) is 12.1 Å². The van der Waals surface area contributed by atoms with Gasteiger partial charge in [-0.25, -0.2) is 0 Å². The first-order valence-corrected chi connectivity index (χ1v) is 4.22. The predicted molar refractivity (Wildman–Crippen MR) is 46.8 cm³/mol. The molecule has 13 heavy (non-hydrogen) atoms. The quantitative estimate of drug-likeness (QED) is 0.469. The maximum absolute atomic E-state index is 10.2. The Morgan fingerprint density at radius 1 is 1.00 bits per heavy atom. The fourth-order valence-corrected chi connectivity index (χ4v) is 0.919.